The molecular weight excluding hydrogens is 450 g/mol. The Morgan fingerprint density at radius 1 is 1.07 bits per heavy atom. The van der Waals surface area contributed by atoms with E-state index in [9.17, 15) is 14.7 Å². The molecule has 6 nitrogen and oxygen atoms in total. The maximum absolute atomic E-state index is 13.1. The second kappa shape index (κ2) is 7.84. The highest BCUT2D eigenvalue weighted by Gasteiger charge is 2.49. The predicted molar refractivity (Wildman–Crippen MR) is 115 cm³/mol. The molecule has 1 fully saturated rings. The molecule has 152 valence electrons. The summed E-state index contributed by atoms with van der Waals surface area (Å²) >= 11 is 3.35. The van der Waals surface area contributed by atoms with E-state index >= 15 is 0 Å². The Morgan fingerprint density at radius 2 is 1.77 bits per heavy atom. The molecule has 2 aromatic carbocycles. The van der Waals surface area contributed by atoms with Crippen molar-refractivity contribution in [2.45, 2.75) is 13.0 Å². The third-order valence-corrected chi connectivity index (χ3v) is 5.47. The Bertz CT molecular complexity index is 1160. The first-order valence-corrected chi connectivity index (χ1v) is 9.98. The Balaban J connectivity index is 1.96. The lowest BCUT2D eigenvalue weighted by atomic mass is 9.99. The number of methoxy groups -OCH3 is 1. The predicted octanol–water partition coefficient (Wildman–Crippen LogP) is 4.99. The fourth-order valence-corrected chi connectivity index (χ4v) is 3.81. The number of aliphatic hydroxyl groups is 1. The van der Waals surface area contributed by atoms with Crippen LogP contribution in [0.5, 0.6) is 5.75 Å². The van der Waals surface area contributed by atoms with E-state index in [0.29, 0.717) is 28.5 Å². The van der Waals surface area contributed by atoms with Gasteiger partial charge in [0.25, 0.3) is 11.7 Å². The number of amides is 1. The average Bonchev–Trinajstić information content (AvgIpc) is 3.29. The highest BCUT2D eigenvalue weighted by Crippen LogP contribution is 2.45. The molecule has 1 aliphatic heterocycles. The summed E-state index contributed by atoms with van der Waals surface area (Å²) in [5.74, 6) is -0.401. The summed E-state index contributed by atoms with van der Waals surface area (Å²) in [7, 11) is 1.49. The van der Waals surface area contributed by atoms with Gasteiger partial charge in [0, 0.05) is 10.0 Å². The van der Waals surface area contributed by atoms with Crippen LogP contribution in [0, 0.1) is 6.92 Å². The van der Waals surface area contributed by atoms with Gasteiger partial charge >= 0.3 is 0 Å². The van der Waals surface area contributed by atoms with Gasteiger partial charge in [0.05, 0.1) is 18.4 Å². The van der Waals surface area contributed by atoms with E-state index in [0.717, 1.165) is 4.47 Å². The van der Waals surface area contributed by atoms with Gasteiger partial charge in [-0.05, 0) is 43.3 Å². The summed E-state index contributed by atoms with van der Waals surface area (Å²) in [4.78, 5) is 27.5. The number of hydrogen-bond acceptors (Lipinski definition) is 5. The molecule has 0 spiro atoms. The first-order chi connectivity index (χ1) is 14.4. The summed E-state index contributed by atoms with van der Waals surface area (Å²) in [6.45, 7) is 1.77. The lowest BCUT2D eigenvalue weighted by molar-refractivity contribution is -0.132. The van der Waals surface area contributed by atoms with Crippen LogP contribution in [-0.4, -0.2) is 23.9 Å². The quantitative estimate of drug-likeness (QED) is 0.332. The van der Waals surface area contributed by atoms with Crippen molar-refractivity contribution >= 4 is 39.1 Å². The first-order valence-electron chi connectivity index (χ1n) is 9.18. The van der Waals surface area contributed by atoms with Crippen LogP contribution in [0.25, 0.3) is 5.76 Å². The van der Waals surface area contributed by atoms with E-state index < -0.39 is 17.7 Å². The van der Waals surface area contributed by atoms with Crippen LogP contribution in [-0.2, 0) is 9.59 Å². The van der Waals surface area contributed by atoms with Crippen LogP contribution in [0.1, 0.15) is 23.1 Å². The number of anilines is 1. The number of ketones is 1. The number of benzene rings is 2. The highest BCUT2D eigenvalue weighted by atomic mass is 79.9. The molecule has 30 heavy (non-hydrogen) atoms. The fraction of sp³-hybridized carbons (Fsp3) is 0.130. The van der Waals surface area contributed by atoms with Gasteiger partial charge in [-0.3, -0.25) is 14.5 Å². The molecule has 7 heteroatoms. The second-order valence-electron chi connectivity index (χ2n) is 6.80. The van der Waals surface area contributed by atoms with E-state index in [-0.39, 0.29) is 11.3 Å². The van der Waals surface area contributed by atoms with E-state index in [4.69, 9.17) is 9.15 Å². The minimum Gasteiger partial charge on any atom is -0.507 e. The van der Waals surface area contributed by atoms with E-state index in [1.807, 2.05) is 0 Å². The lowest BCUT2D eigenvalue weighted by Gasteiger charge is -2.25. The molecule has 1 amide bonds. The number of carbonyl (C=O) groups is 2. The molecule has 1 aromatic heterocycles. The van der Waals surface area contributed by atoms with Gasteiger partial charge in [0.1, 0.15) is 29.1 Å². The molecule has 0 aliphatic carbocycles. The number of para-hydroxylation sites is 2. The van der Waals surface area contributed by atoms with Crippen LogP contribution in [0.2, 0.25) is 0 Å². The van der Waals surface area contributed by atoms with Crippen LogP contribution in [0.4, 0.5) is 5.69 Å². The van der Waals surface area contributed by atoms with Crippen molar-refractivity contribution in [1.82, 2.24) is 0 Å². The summed E-state index contributed by atoms with van der Waals surface area (Å²) < 4.78 is 12.0. The molecule has 1 aliphatic rings. The summed E-state index contributed by atoms with van der Waals surface area (Å²) in [5, 5.41) is 11.0. The standard InChI is InChI=1S/C23H18BrNO5/c1-13-7-12-18(30-13)20-19(21(26)14-8-10-15(24)11-9-14)22(27)23(28)25(20)16-5-3-4-6-17(16)29-2/h3-12,20,26H,1-2H3/b21-19-. The van der Waals surface area contributed by atoms with Crippen molar-refractivity contribution in [3.8, 4) is 5.75 Å². The maximum Gasteiger partial charge on any atom is 0.300 e. The van der Waals surface area contributed by atoms with Crippen LogP contribution < -0.4 is 9.64 Å². The topological polar surface area (TPSA) is 80.0 Å². The zero-order valence-electron chi connectivity index (χ0n) is 16.3. The van der Waals surface area contributed by atoms with Crippen LogP contribution in [0.15, 0.2) is 75.1 Å². The number of ether oxygens (including phenoxy) is 1. The molecule has 1 unspecified atom stereocenters. The zero-order valence-corrected chi connectivity index (χ0v) is 17.8. The monoisotopic (exact) mass is 467 g/mol. The van der Waals surface area contributed by atoms with E-state index in [1.165, 1.54) is 12.0 Å². The van der Waals surface area contributed by atoms with Gasteiger partial charge in [-0.15, -0.1) is 0 Å². The molecule has 3 aromatic rings. The lowest BCUT2D eigenvalue weighted by Crippen LogP contribution is -2.29. The van der Waals surface area contributed by atoms with Gasteiger partial charge in [0.15, 0.2) is 0 Å². The number of aliphatic hydroxyl groups excluding tert-OH is 1. The number of rotatable bonds is 4. The normalized spacial score (nSPS) is 18.1. The molecule has 4 rings (SSSR count). The molecule has 1 N–H and O–H groups in total. The number of halogens is 1. The molecule has 0 saturated carbocycles. The number of furan rings is 1. The van der Waals surface area contributed by atoms with E-state index in [1.54, 1.807) is 67.6 Å². The maximum atomic E-state index is 13.1. The molecular formula is C23H18BrNO5. The number of Topliss-reactive ketones (excluding diaryl/α,β-unsaturated/α-hetero) is 1. The minimum atomic E-state index is -0.932. The molecule has 0 radical (unpaired) electrons. The third kappa shape index (κ3) is 3.31. The summed E-state index contributed by atoms with van der Waals surface area (Å²) in [6.07, 6.45) is 0. The van der Waals surface area contributed by atoms with Gasteiger partial charge in [-0.2, -0.15) is 0 Å². The van der Waals surface area contributed by atoms with Crippen molar-refractivity contribution < 1.29 is 23.8 Å². The number of carbonyl (C=O) groups excluding carboxylic acids is 2. The Kier molecular flexibility index (Phi) is 5.22. The Labute approximate surface area is 181 Å². The van der Waals surface area contributed by atoms with Crippen molar-refractivity contribution in [2.24, 2.45) is 0 Å². The first kappa shape index (κ1) is 20.0. The molecule has 1 atom stereocenters. The number of hydrogen-bond donors (Lipinski definition) is 1. The third-order valence-electron chi connectivity index (χ3n) is 4.94. The Morgan fingerprint density at radius 3 is 2.40 bits per heavy atom. The van der Waals surface area contributed by atoms with Gasteiger partial charge in [-0.1, -0.05) is 40.2 Å². The van der Waals surface area contributed by atoms with Crippen LogP contribution in [0.3, 0.4) is 0 Å². The SMILES string of the molecule is COc1ccccc1N1C(=O)C(=O)/C(=C(\O)c2ccc(Br)cc2)C1c1ccc(C)o1. The molecule has 2 heterocycles. The Hall–Kier alpha value is -3.32. The summed E-state index contributed by atoms with van der Waals surface area (Å²) in [6, 6.07) is 16.2. The van der Waals surface area contributed by atoms with Crippen molar-refractivity contribution in [2.75, 3.05) is 12.0 Å². The number of aryl methyl sites for hydroxylation is 1. The molecule has 1 saturated heterocycles. The van der Waals surface area contributed by atoms with Crippen molar-refractivity contribution in [3.63, 3.8) is 0 Å². The molecule has 0 bridgehead atoms. The zero-order chi connectivity index (χ0) is 21.4. The van der Waals surface area contributed by atoms with Gasteiger partial charge < -0.3 is 14.3 Å². The second-order valence-corrected chi connectivity index (χ2v) is 7.71. The smallest absolute Gasteiger partial charge is 0.300 e. The van der Waals surface area contributed by atoms with Crippen LogP contribution >= 0.6 is 15.9 Å². The highest BCUT2D eigenvalue weighted by molar-refractivity contribution is 9.10. The largest absolute Gasteiger partial charge is 0.507 e. The minimum absolute atomic E-state index is 0.0393. The summed E-state index contributed by atoms with van der Waals surface area (Å²) in [5.41, 5.74) is 0.795. The average molecular weight is 468 g/mol. The van der Waals surface area contributed by atoms with Crippen molar-refractivity contribution in [1.29, 1.82) is 0 Å². The fourth-order valence-electron chi connectivity index (χ4n) is 3.54. The van der Waals surface area contributed by atoms with E-state index in [2.05, 4.69) is 15.9 Å². The van der Waals surface area contributed by atoms with Gasteiger partial charge in [-0.25, -0.2) is 0 Å². The van der Waals surface area contributed by atoms with Crippen molar-refractivity contribution in [3.05, 3.63) is 87.8 Å². The number of nitrogens with zero attached hydrogens (tertiary/aromatic N) is 1. The van der Waals surface area contributed by atoms with Gasteiger partial charge in [0.2, 0.25) is 0 Å².